The third kappa shape index (κ3) is 2.28. The molecule has 2 aromatic rings. The Labute approximate surface area is 122 Å². The summed E-state index contributed by atoms with van der Waals surface area (Å²) in [6.45, 7) is 3.00. The highest BCUT2D eigenvalue weighted by molar-refractivity contribution is 9.10. The van der Waals surface area contributed by atoms with Gasteiger partial charge in [-0.2, -0.15) is 0 Å². The number of halogens is 1. The van der Waals surface area contributed by atoms with Gasteiger partial charge in [0.2, 0.25) is 0 Å². The van der Waals surface area contributed by atoms with Crippen LogP contribution in [0.3, 0.4) is 0 Å². The molecule has 0 radical (unpaired) electrons. The molecule has 0 atom stereocenters. The normalized spacial score (nSPS) is 15.2. The maximum atomic E-state index is 5.53. The lowest BCUT2D eigenvalue weighted by molar-refractivity contribution is 0.417. The molecule has 0 bridgehead atoms. The van der Waals surface area contributed by atoms with Crippen LogP contribution in [0, 0.1) is 6.92 Å². The van der Waals surface area contributed by atoms with Crippen molar-refractivity contribution < 1.29 is 4.74 Å². The minimum absolute atomic E-state index is 0.716. The Morgan fingerprint density at radius 2 is 2.16 bits per heavy atom. The van der Waals surface area contributed by atoms with Crippen molar-refractivity contribution in [2.45, 2.75) is 32.4 Å². The zero-order valence-electron chi connectivity index (χ0n) is 11.6. The predicted octanol–water partition coefficient (Wildman–Crippen LogP) is 3.51. The number of ether oxygens (including phenoxy) is 1. The summed E-state index contributed by atoms with van der Waals surface area (Å²) in [5.74, 6) is 0.941. The van der Waals surface area contributed by atoms with Crippen molar-refractivity contribution in [3.63, 3.8) is 0 Å². The summed E-state index contributed by atoms with van der Waals surface area (Å²) in [7, 11) is 3.84. The van der Waals surface area contributed by atoms with E-state index >= 15 is 0 Å². The number of benzene rings is 1. The van der Waals surface area contributed by atoms with Gasteiger partial charge in [0.05, 0.1) is 12.6 Å². The zero-order chi connectivity index (χ0) is 13.6. The van der Waals surface area contributed by atoms with Gasteiger partial charge in [-0.25, -0.2) is 0 Å². The van der Waals surface area contributed by atoms with Gasteiger partial charge in [0.25, 0.3) is 0 Å². The summed E-state index contributed by atoms with van der Waals surface area (Å²) in [5, 5.41) is 4.80. The molecule has 102 valence electrons. The van der Waals surface area contributed by atoms with Gasteiger partial charge in [-0.1, -0.05) is 0 Å². The zero-order valence-corrected chi connectivity index (χ0v) is 13.2. The Morgan fingerprint density at radius 3 is 2.79 bits per heavy atom. The van der Waals surface area contributed by atoms with Crippen molar-refractivity contribution in [3.05, 3.63) is 27.9 Å². The molecule has 1 aromatic heterocycles. The monoisotopic (exact) mass is 322 g/mol. The van der Waals surface area contributed by atoms with Crippen LogP contribution in [0.5, 0.6) is 5.75 Å². The van der Waals surface area contributed by atoms with Crippen LogP contribution in [0.15, 0.2) is 16.6 Å². The van der Waals surface area contributed by atoms with Gasteiger partial charge < -0.3 is 14.6 Å². The Balaban J connectivity index is 2.11. The largest absolute Gasteiger partial charge is 0.495 e. The number of nitrogens with zero attached hydrogens (tertiary/aromatic N) is 1. The second kappa shape index (κ2) is 4.84. The van der Waals surface area contributed by atoms with Gasteiger partial charge >= 0.3 is 0 Å². The van der Waals surface area contributed by atoms with Gasteiger partial charge in [-0.05, 0) is 53.4 Å². The molecule has 3 rings (SSSR count). The molecule has 0 unspecified atom stereocenters. The number of aryl methyl sites for hydroxylation is 2. The molecule has 0 amide bonds. The molecule has 3 nitrogen and oxygen atoms in total. The fourth-order valence-corrected chi connectivity index (χ4v) is 3.29. The molecule has 0 spiro atoms. The molecular weight excluding hydrogens is 304 g/mol. The van der Waals surface area contributed by atoms with Crippen LogP contribution in [-0.2, 0) is 13.6 Å². The fourth-order valence-electron chi connectivity index (χ4n) is 2.58. The van der Waals surface area contributed by atoms with Crippen molar-refractivity contribution in [2.75, 3.05) is 7.11 Å². The molecule has 0 aliphatic heterocycles. The molecule has 1 fully saturated rings. The Kier molecular flexibility index (Phi) is 3.31. The Bertz CT molecular complexity index is 629. The van der Waals surface area contributed by atoms with Crippen LogP contribution in [0.2, 0.25) is 0 Å². The van der Waals surface area contributed by atoms with Crippen LogP contribution < -0.4 is 10.1 Å². The first-order chi connectivity index (χ1) is 9.11. The number of nitrogens with one attached hydrogen (secondary N) is 1. The molecule has 1 saturated carbocycles. The quantitative estimate of drug-likeness (QED) is 0.932. The van der Waals surface area contributed by atoms with Gasteiger partial charge in [0.1, 0.15) is 5.75 Å². The summed E-state index contributed by atoms with van der Waals surface area (Å²) < 4.78 is 8.94. The lowest BCUT2D eigenvalue weighted by Crippen LogP contribution is -2.17. The Morgan fingerprint density at radius 1 is 1.42 bits per heavy atom. The third-order valence-electron chi connectivity index (χ3n) is 3.80. The summed E-state index contributed by atoms with van der Waals surface area (Å²) in [6, 6.07) is 5.02. The summed E-state index contributed by atoms with van der Waals surface area (Å²) in [4.78, 5) is 0. The fraction of sp³-hybridized carbons (Fsp3) is 0.467. The second-order valence-corrected chi connectivity index (χ2v) is 6.13. The molecular formula is C15H19BrN2O. The predicted molar refractivity (Wildman–Crippen MR) is 81.8 cm³/mol. The first-order valence-corrected chi connectivity index (χ1v) is 7.46. The maximum Gasteiger partial charge on any atom is 0.143 e. The average molecular weight is 323 g/mol. The van der Waals surface area contributed by atoms with E-state index in [0.29, 0.717) is 6.04 Å². The highest BCUT2D eigenvalue weighted by Crippen LogP contribution is 2.37. The van der Waals surface area contributed by atoms with E-state index in [0.717, 1.165) is 17.8 Å². The number of rotatable bonds is 4. The van der Waals surface area contributed by atoms with Gasteiger partial charge in [-0.3, -0.25) is 0 Å². The molecule has 19 heavy (non-hydrogen) atoms. The summed E-state index contributed by atoms with van der Waals surface area (Å²) >= 11 is 3.75. The number of aromatic nitrogens is 1. The van der Waals surface area contributed by atoms with Crippen LogP contribution in [0.1, 0.15) is 24.1 Å². The van der Waals surface area contributed by atoms with E-state index in [1.807, 2.05) is 0 Å². The molecule has 1 aliphatic carbocycles. The highest BCUT2D eigenvalue weighted by Gasteiger charge is 2.22. The van der Waals surface area contributed by atoms with E-state index in [-0.39, 0.29) is 0 Å². The summed E-state index contributed by atoms with van der Waals surface area (Å²) in [5.41, 5.74) is 3.66. The number of methoxy groups -OCH3 is 1. The molecule has 1 N–H and O–H groups in total. The lowest BCUT2D eigenvalue weighted by atomic mass is 10.1. The van der Waals surface area contributed by atoms with Crippen molar-refractivity contribution in [2.24, 2.45) is 7.05 Å². The van der Waals surface area contributed by atoms with E-state index in [9.17, 15) is 0 Å². The summed E-state index contributed by atoms with van der Waals surface area (Å²) in [6.07, 6.45) is 2.62. The number of hydrogen-bond donors (Lipinski definition) is 1. The van der Waals surface area contributed by atoms with E-state index in [4.69, 9.17) is 4.74 Å². The minimum atomic E-state index is 0.716. The van der Waals surface area contributed by atoms with Gasteiger partial charge in [0, 0.05) is 35.2 Å². The standard InChI is InChI=1S/C15H19BrN2O/c1-9-6-11-14(16)12(8-17-10-4-5-10)18(2)15(11)13(7-9)19-3/h6-7,10,17H,4-5,8H2,1-3H3. The van der Waals surface area contributed by atoms with Crippen LogP contribution in [-0.4, -0.2) is 17.7 Å². The lowest BCUT2D eigenvalue weighted by Gasteiger charge is -2.08. The van der Waals surface area contributed by atoms with E-state index in [1.54, 1.807) is 7.11 Å². The molecule has 1 heterocycles. The number of fused-ring (bicyclic) bond motifs is 1. The smallest absolute Gasteiger partial charge is 0.143 e. The first-order valence-electron chi connectivity index (χ1n) is 6.66. The van der Waals surface area contributed by atoms with E-state index in [1.165, 1.54) is 34.0 Å². The number of hydrogen-bond acceptors (Lipinski definition) is 2. The van der Waals surface area contributed by atoms with Crippen molar-refractivity contribution in [1.82, 2.24) is 9.88 Å². The van der Waals surface area contributed by atoms with Crippen molar-refractivity contribution in [3.8, 4) is 5.75 Å². The van der Waals surface area contributed by atoms with Crippen molar-refractivity contribution >= 4 is 26.8 Å². The van der Waals surface area contributed by atoms with Gasteiger partial charge in [0.15, 0.2) is 0 Å². The topological polar surface area (TPSA) is 26.2 Å². The van der Waals surface area contributed by atoms with Crippen molar-refractivity contribution in [1.29, 1.82) is 0 Å². The SMILES string of the molecule is COc1cc(C)cc2c(Br)c(CNC3CC3)n(C)c12. The Hall–Kier alpha value is -1.00. The van der Waals surface area contributed by atoms with E-state index < -0.39 is 0 Å². The highest BCUT2D eigenvalue weighted by atomic mass is 79.9. The first kappa shape index (κ1) is 13.0. The van der Waals surface area contributed by atoms with Crippen LogP contribution in [0.25, 0.3) is 10.9 Å². The van der Waals surface area contributed by atoms with Gasteiger partial charge in [-0.15, -0.1) is 0 Å². The van der Waals surface area contributed by atoms with Crippen LogP contribution >= 0.6 is 15.9 Å². The molecule has 4 heteroatoms. The van der Waals surface area contributed by atoms with E-state index in [2.05, 4.69) is 51.9 Å². The molecule has 0 saturated heterocycles. The molecule has 1 aromatic carbocycles. The minimum Gasteiger partial charge on any atom is -0.495 e. The third-order valence-corrected chi connectivity index (χ3v) is 4.69. The van der Waals surface area contributed by atoms with Crippen LogP contribution in [0.4, 0.5) is 0 Å². The second-order valence-electron chi connectivity index (χ2n) is 5.34. The maximum absolute atomic E-state index is 5.53. The molecule has 1 aliphatic rings. The average Bonchev–Trinajstić information content (AvgIpc) is 3.17.